The molecular weight excluding hydrogens is 396 g/mol. The second-order valence-corrected chi connectivity index (χ2v) is 7.82. The van der Waals surface area contributed by atoms with Crippen molar-refractivity contribution in [2.45, 2.75) is 25.4 Å². The highest BCUT2D eigenvalue weighted by molar-refractivity contribution is 6.07. The van der Waals surface area contributed by atoms with E-state index in [4.69, 9.17) is 4.42 Å². The molecule has 0 saturated carbocycles. The van der Waals surface area contributed by atoms with Crippen LogP contribution in [0, 0.1) is 0 Å². The second kappa shape index (κ2) is 8.90. The van der Waals surface area contributed by atoms with Crippen LogP contribution in [-0.2, 0) is 6.54 Å². The highest BCUT2D eigenvalue weighted by Crippen LogP contribution is 2.30. The van der Waals surface area contributed by atoms with Gasteiger partial charge < -0.3 is 9.73 Å². The van der Waals surface area contributed by atoms with E-state index >= 15 is 0 Å². The summed E-state index contributed by atoms with van der Waals surface area (Å²) < 4.78 is 5.58. The fourth-order valence-electron chi connectivity index (χ4n) is 4.31. The lowest BCUT2D eigenvalue weighted by Gasteiger charge is -2.33. The first-order valence-corrected chi connectivity index (χ1v) is 10.2. The average molecular weight is 421 g/mol. The molecule has 0 amide bonds. The number of rotatable bonds is 4. The van der Waals surface area contributed by atoms with Crippen molar-refractivity contribution in [3.8, 4) is 0 Å². The van der Waals surface area contributed by atoms with Crippen molar-refractivity contribution in [3.63, 3.8) is 0 Å². The van der Waals surface area contributed by atoms with Crippen LogP contribution in [-0.4, -0.2) is 24.0 Å². The van der Waals surface area contributed by atoms with Gasteiger partial charge in [-0.25, -0.2) is 4.79 Å². The molecule has 0 aliphatic carbocycles. The number of hydrogen-bond acceptors (Lipinski definition) is 4. The molecule has 0 spiro atoms. The van der Waals surface area contributed by atoms with E-state index in [1.54, 1.807) is 6.07 Å². The number of hydrogen-bond donors (Lipinski definition) is 1. The Kier molecular flexibility index (Phi) is 6.07. The number of anilines is 1. The van der Waals surface area contributed by atoms with Gasteiger partial charge in [-0.3, -0.25) is 4.90 Å². The first-order chi connectivity index (χ1) is 14.3. The van der Waals surface area contributed by atoms with Gasteiger partial charge in [0.15, 0.2) is 0 Å². The molecule has 1 saturated heterocycles. The standard InChI is InChI=1S/C25H24N2O2.ClH/c28-24-16-23(22-11-10-19-8-4-5-9-21(19)25(22)29-24)26-20-12-14-27(15-13-20)17-18-6-2-1-3-7-18;/h1-11,16,20,26H,12-15,17H2;1H. The Balaban J connectivity index is 0.00000218. The van der Waals surface area contributed by atoms with E-state index in [1.807, 2.05) is 30.3 Å². The van der Waals surface area contributed by atoms with Gasteiger partial charge >= 0.3 is 5.63 Å². The summed E-state index contributed by atoms with van der Waals surface area (Å²) in [4.78, 5) is 14.7. The van der Waals surface area contributed by atoms with E-state index in [0.29, 0.717) is 11.6 Å². The number of nitrogens with zero attached hydrogens (tertiary/aromatic N) is 1. The van der Waals surface area contributed by atoms with Gasteiger partial charge in [-0.1, -0.05) is 60.7 Å². The Morgan fingerprint density at radius 3 is 2.43 bits per heavy atom. The highest BCUT2D eigenvalue weighted by atomic mass is 35.5. The zero-order chi connectivity index (χ0) is 19.6. The minimum absolute atomic E-state index is 0. The SMILES string of the molecule is Cl.O=c1cc(NC2CCN(Cc3ccccc3)CC2)c2ccc3ccccc3c2o1. The first-order valence-electron chi connectivity index (χ1n) is 10.2. The molecule has 4 aromatic rings. The molecule has 154 valence electrons. The fourth-order valence-corrected chi connectivity index (χ4v) is 4.31. The van der Waals surface area contributed by atoms with E-state index in [0.717, 1.165) is 54.3 Å². The van der Waals surface area contributed by atoms with Crippen LogP contribution in [0.15, 0.2) is 82.0 Å². The van der Waals surface area contributed by atoms with Gasteiger partial charge in [0.25, 0.3) is 0 Å². The molecule has 1 aliphatic rings. The van der Waals surface area contributed by atoms with E-state index in [9.17, 15) is 4.79 Å². The number of likely N-dealkylation sites (tertiary alicyclic amines) is 1. The summed E-state index contributed by atoms with van der Waals surface area (Å²) in [5.41, 5.74) is 2.60. The molecule has 0 atom stereocenters. The Labute approximate surface area is 181 Å². The van der Waals surface area contributed by atoms with Crippen molar-refractivity contribution >= 4 is 39.8 Å². The maximum atomic E-state index is 12.2. The van der Waals surface area contributed by atoms with Crippen molar-refractivity contribution in [1.82, 2.24) is 4.90 Å². The van der Waals surface area contributed by atoms with E-state index < -0.39 is 0 Å². The molecule has 1 fully saturated rings. The maximum absolute atomic E-state index is 12.2. The average Bonchev–Trinajstić information content (AvgIpc) is 2.76. The molecular formula is C25H25ClN2O2. The summed E-state index contributed by atoms with van der Waals surface area (Å²) >= 11 is 0. The van der Waals surface area contributed by atoms with Crippen LogP contribution in [0.4, 0.5) is 5.69 Å². The number of halogens is 1. The van der Waals surface area contributed by atoms with Crippen LogP contribution in [0.1, 0.15) is 18.4 Å². The third-order valence-corrected chi connectivity index (χ3v) is 5.83. The van der Waals surface area contributed by atoms with Crippen LogP contribution < -0.4 is 10.9 Å². The second-order valence-electron chi connectivity index (χ2n) is 7.82. The largest absolute Gasteiger partial charge is 0.422 e. The topological polar surface area (TPSA) is 45.5 Å². The smallest absolute Gasteiger partial charge is 0.338 e. The molecule has 0 radical (unpaired) electrons. The van der Waals surface area contributed by atoms with E-state index in [-0.39, 0.29) is 18.0 Å². The maximum Gasteiger partial charge on any atom is 0.338 e. The zero-order valence-corrected chi connectivity index (χ0v) is 17.5. The summed E-state index contributed by atoms with van der Waals surface area (Å²) in [6.45, 7) is 3.10. The lowest BCUT2D eigenvalue weighted by molar-refractivity contribution is 0.211. The lowest BCUT2D eigenvalue weighted by Crippen LogP contribution is -2.38. The summed E-state index contributed by atoms with van der Waals surface area (Å²) in [5, 5.41) is 6.65. The summed E-state index contributed by atoms with van der Waals surface area (Å²) in [7, 11) is 0. The Hall–Kier alpha value is -2.82. The molecule has 3 aromatic carbocycles. The summed E-state index contributed by atoms with van der Waals surface area (Å²) in [6, 6.07) is 24.7. The Morgan fingerprint density at radius 2 is 1.63 bits per heavy atom. The van der Waals surface area contributed by atoms with E-state index in [1.165, 1.54) is 5.56 Å². The van der Waals surface area contributed by atoms with Crippen LogP contribution in [0.2, 0.25) is 0 Å². The molecule has 1 aromatic heterocycles. The highest BCUT2D eigenvalue weighted by Gasteiger charge is 2.20. The van der Waals surface area contributed by atoms with Crippen LogP contribution >= 0.6 is 12.4 Å². The molecule has 5 heteroatoms. The molecule has 1 aliphatic heterocycles. The fraction of sp³-hybridized carbons (Fsp3) is 0.240. The van der Waals surface area contributed by atoms with Crippen LogP contribution in [0.3, 0.4) is 0 Å². The van der Waals surface area contributed by atoms with Crippen molar-refractivity contribution in [3.05, 3.63) is 88.8 Å². The van der Waals surface area contributed by atoms with Gasteiger partial charge in [-0.05, 0) is 29.9 Å². The van der Waals surface area contributed by atoms with Gasteiger partial charge in [0.05, 0.1) is 5.69 Å². The molecule has 4 nitrogen and oxygen atoms in total. The molecule has 0 bridgehead atoms. The molecule has 1 N–H and O–H groups in total. The first kappa shape index (κ1) is 20.5. The number of nitrogens with one attached hydrogen (secondary N) is 1. The summed E-state index contributed by atoms with van der Waals surface area (Å²) in [5.74, 6) is 0. The Bertz CT molecular complexity index is 1200. The van der Waals surface area contributed by atoms with Crippen LogP contribution in [0.5, 0.6) is 0 Å². The third-order valence-electron chi connectivity index (χ3n) is 5.83. The van der Waals surface area contributed by atoms with Crippen molar-refractivity contribution in [2.24, 2.45) is 0 Å². The normalized spacial score (nSPS) is 15.2. The van der Waals surface area contributed by atoms with Gasteiger partial charge in [-0.15, -0.1) is 12.4 Å². The zero-order valence-electron chi connectivity index (χ0n) is 16.7. The monoisotopic (exact) mass is 420 g/mol. The van der Waals surface area contributed by atoms with Gasteiger partial charge in [-0.2, -0.15) is 0 Å². The quantitative estimate of drug-likeness (QED) is 0.352. The lowest BCUT2D eigenvalue weighted by atomic mass is 10.0. The predicted octanol–water partition coefficient (Wildman–Crippen LogP) is 5.44. The molecule has 0 unspecified atom stereocenters. The number of piperidine rings is 1. The minimum Gasteiger partial charge on any atom is -0.422 e. The van der Waals surface area contributed by atoms with Crippen molar-refractivity contribution in [2.75, 3.05) is 18.4 Å². The van der Waals surface area contributed by atoms with Gasteiger partial charge in [0.1, 0.15) is 5.58 Å². The molecule has 30 heavy (non-hydrogen) atoms. The molecule has 5 rings (SSSR count). The van der Waals surface area contributed by atoms with Crippen molar-refractivity contribution < 1.29 is 4.42 Å². The Morgan fingerprint density at radius 1 is 0.900 bits per heavy atom. The van der Waals surface area contributed by atoms with Gasteiger partial charge in [0.2, 0.25) is 0 Å². The summed E-state index contributed by atoms with van der Waals surface area (Å²) in [6.07, 6.45) is 2.12. The predicted molar refractivity (Wildman–Crippen MR) is 126 cm³/mol. The third kappa shape index (κ3) is 4.20. The van der Waals surface area contributed by atoms with Gasteiger partial charge in [0, 0.05) is 42.5 Å². The molecule has 2 heterocycles. The van der Waals surface area contributed by atoms with Crippen molar-refractivity contribution in [1.29, 1.82) is 0 Å². The number of benzene rings is 3. The number of fused-ring (bicyclic) bond motifs is 3. The van der Waals surface area contributed by atoms with Crippen LogP contribution in [0.25, 0.3) is 21.7 Å². The van der Waals surface area contributed by atoms with E-state index in [2.05, 4.69) is 46.6 Å². The minimum atomic E-state index is -0.308.